The van der Waals surface area contributed by atoms with Crippen LogP contribution in [0.2, 0.25) is 0 Å². The first-order valence-corrected chi connectivity index (χ1v) is 43.8. The molecule has 2 aliphatic rings. The van der Waals surface area contributed by atoms with E-state index in [2.05, 4.69) is 242 Å². The molecule has 0 bridgehead atoms. The van der Waals surface area contributed by atoms with Crippen LogP contribution in [0.25, 0.3) is 11.4 Å². The van der Waals surface area contributed by atoms with Crippen molar-refractivity contribution in [2.24, 2.45) is 0 Å². The number of carbonyl (C=O) groups is 2. The third-order valence-electron chi connectivity index (χ3n) is 15.7. The van der Waals surface area contributed by atoms with Gasteiger partial charge in [-0.3, -0.25) is 24.5 Å². The van der Waals surface area contributed by atoms with Crippen molar-refractivity contribution in [2.45, 2.75) is 302 Å². The van der Waals surface area contributed by atoms with E-state index in [9.17, 15) is 9.59 Å². The number of rotatable bonds is 18. The van der Waals surface area contributed by atoms with Crippen LogP contribution in [0.3, 0.4) is 0 Å². The molecule has 0 aromatic carbocycles. The number of hydrogen-bond acceptors (Lipinski definition) is 9. The summed E-state index contributed by atoms with van der Waals surface area (Å²) in [6.07, 6.45) is 33.3. The van der Waals surface area contributed by atoms with Crippen LogP contribution in [0, 0.1) is 76.2 Å². The maximum absolute atomic E-state index is 9.31. The number of carboxylic acid groups (broad SMARTS) is 2. The van der Waals surface area contributed by atoms with Gasteiger partial charge >= 0.3 is 82.5 Å². The van der Waals surface area contributed by atoms with Crippen molar-refractivity contribution in [1.82, 2.24) is 15.0 Å². The number of allylic oxidation sites excluding steroid dienone is 4. The molecule has 2 fully saturated rings. The number of carboxylic acids is 2. The molecule has 108 heavy (non-hydrogen) atoms. The third kappa shape index (κ3) is 89.2. The van der Waals surface area contributed by atoms with Crippen LogP contribution in [0.15, 0.2) is 123 Å². The maximum Gasteiger partial charge on any atom is 2.00 e. The number of pyridine rings is 3. The number of aliphatic hydroxyl groups excluding tert-OH is 4. The van der Waals surface area contributed by atoms with Gasteiger partial charge in [0.25, 0.3) is 11.9 Å². The second-order valence-electron chi connectivity index (χ2n) is 31.1. The Morgan fingerprint density at radius 2 is 0.630 bits per heavy atom. The van der Waals surface area contributed by atoms with Crippen LogP contribution in [0.5, 0.6) is 0 Å². The van der Waals surface area contributed by atoms with Crippen molar-refractivity contribution in [3.05, 3.63) is 204 Å². The van der Waals surface area contributed by atoms with E-state index in [1.165, 1.54) is 81.2 Å². The number of unbranched alkanes of at least 4 members (excludes halogenated alkanes) is 1. The van der Waals surface area contributed by atoms with Gasteiger partial charge in [-0.1, -0.05) is 76.4 Å². The van der Waals surface area contributed by atoms with Gasteiger partial charge in [-0.05, 0) is 227 Å². The molecule has 3 heterocycles. The number of nitrogens with zero attached hydrogens (tertiary/aromatic N) is 3. The number of hydrogen-bond donors (Lipinski definition) is 6. The van der Waals surface area contributed by atoms with Crippen LogP contribution in [-0.2, 0) is 115 Å². The summed E-state index contributed by atoms with van der Waals surface area (Å²) in [7, 11) is -0.953. The van der Waals surface area contributed by atoms with Gasteiger partial charge in [-0.25, -0.2) is 0 Å². The van der Waals surface area contributed by atoms with E-state index < -0.39 is 11.9 Å². The van der Waals surface area contributed by atoms with Crippen LogP contribution < -0.4 is 0 Å². The van der Waals surface area contributed by atoms with Crippen molar-refractivity contribution < 1.29 is 139 Å². The minimum atomic E-state index is -0.856. The summed E-state index contributed by atoms with van der Waals surface area (Å²) >= 11 is 0. The van der Waals surface area contributed by atoms with Gasteiger partial charge in [-0.2, -0.15) is 6.42 Å². The molecular formula is C87H158N3Ni6O8P4+3. The van der Waals surface area contributed by atoms with Crippen molar-refractivity contribution in [1.29, 1.82) is 0 Å². The molecule has 646 valence electrons. The van der Waals surface area contributed by atoms with Gasteiger partial charge in [-0.15, -0.1) is 44.9 Å². The Bertz CT molecular complexity index is 2270. The van der Waals surface area contributed by atoms with Crippen molar-refractivity contribution >= 4 is 43.6 Å². The molecule has 2 saturated carbocycles. The fourth-order valence-corrected chi connectivity index (χ4v) is 28.0. The second kappa shape index (κ2) is 81.4. The summed E-state index contributed by atoms with van der Waals surface area (Å²) in [4.78, 5) is 31.0. The topological polar surface area (TPSA) is 194 Å². The zero-order valence-electron chi connectivity index (χ0n) is 70.6. The minimum Gasteiger partial charge on any atom is -0.516 e. The maximum atomic E-state index is 9.31. The fraction of sp³-hybridized carbons (Fsp3) is 0.586. The summed E-state index contributed by atoms with van der Waals surface area (Å²) in [5.41, 5.74) is 5.22. The minimum absolute atomic E-state index is 0. The molecule has 0 radical (unpaired) electrons. The predicted molar refractivity (Wildman–Crippen MR) is 468 cm³/mol. The average Bonchev–Trinajstić information content (AvgIpc) is 0.852. The van der Waals surface area contributed by atoms with E-state index in [-0.39, 0.29) is 167 Å². The Kier molecular flexibility index (Phi) is 103. The van der Waals surface area contributed by atoms with E-state index in [0.29, 0.717) is 56.6 Å². The first-order chi connectivity index (χ1) is 47.0. The van der Waals surface area contributed by atoms with E-state index in [4.69, 9.17) is 30.6 Å². The van der Waals surface area contributed by atoms with Crippen LogP contribution >= 0.6 is 31.7 Å². The van der Waals surface area contributed by atoms with Gasteiger partial charge in [0, 0.05) is 76.9 Å². The zero-order valence-corrected chi connectivity index (χ0v) is 80.5. The van der Waals surface area contributed by atoms with Crippen LogP contribution in [0.1, 0.15) is 259 Å². The molecule has 0 aliphatic heterocycles. The van der Waals surface area contributed by atoms with E-state index >= 15 is 0 Å². The predicted octanol–water partition coefficient (Wildman–Crippen LogP) is 26.5. The Hall–Kier alpha value is -0.769. The third-order valence-corrected chi connectivity index (χ3v) is 32.9. The van der Waals surface area contributed by atoms with Gasteiger partial charge < -0.3 is 107 Å². The quantitative estimate of drug-likeness (QED) is 0.0307. The number of aliphatic hydroxyl groups is 4. The normalized spacial score (nSPS) is 12.2. The van der Waals surface area contributed by atoms with Gasteiger partial charge in [0.15, 0.2) is 0 Å². The molecule has 3 aromatic rings. The summed E-state index contributed by atoms with van der Waals surface area (Å²) < 4.78 is 0. The molecule has 3 aromatic heterocycles. The molecule has 0 unspecified atom stereocenters. The van der Waals surface area contributed by atoms with Crippen molar-refractivity contribution in [3.63, 3.8) is 0 Å². The summed E-state index contributed by atoms with van der Waals surface area (Å²) in [6.45, 7) is 94.7. The Balaban J connectivity index is -0.0000000844. The fourth-order valence-electron chi connectivity index (χ4n) is 11.6. The largest absolute Gasteiger partial charge is 2.00 e. The molecular weight excluding hydrogens is 1690 g/mol. The van der Waals surface area contributed by atoms with Gasteiger partial charge in [0.2, 0.25) is 0 Å². The van der Waals surface area contributed by atoms with Gasteiger partial charge in [0.1, 0.15) is 0 Å². The van der Waals surface area contributed by atoms with Crippen molar-refractivity contribution in [2.75, 3.05) is 24.6 Å². The Morgan fingerprint density at radius 3 is 0.778 bits per heavy atom. The molecule has 5 rings (SSSR count). The average molecular weight is 1850 g/mol. The second-order valence-corrected chi connectivity index (χ2v) is 47.8. The van der Waals surface area contributed by atoms with E-state index in [0.717, 1.165) is 42.5 Å². The molecule has 21 heteroatoms. The molecule has 0 spiro atoms. The SMILES string of the molecule is C=C(O)C[CH2-].C=C(O)C[CH2-].C=C(O)C[CH2-].C=C(O)C[CH2-].[CH2-]CC(=O)O.[CH2-]CC(=O)O.[CH2-]CCC[PH+](C(C)(C)C)C(C)(C)C.[CH2-]CC[PH+](C(C)(C)C)C(C)(C)C.[CH2-]CC[PH+](C1CCCCC1)C1CCCCC1.[CH2-]C[PH+](C(C)(C)C)C(C)(C)C.[CH2-]Cc1ccccn1.[Ni+2].[Ni+2].[Ni+2].[Ni+2].[Ni+2].[Ni].c1ccc(-c2ccccn2)nc1. The van der Waals surface area contributed by atoms with Crippen LogP contribution in [-0.4, -0.2) is 124 Å². The summed E-state index contributed by atoms with van der Waals surface area (Å²) in [5.74, 6) is -1.14. The van der Waals surface area contributed by atoms with Crippen molar-refractivity contribution in [3.8, 4) is 11.4 Å². The Labute approximate surface area is 733 Å². The molecule has 2 aliphatic carbocycles. The molecule has 0 amide bonds. The van der Waals surface area contributed by atoms with Crippen LogP contribution in [0.4, 0.5) is 0 Å². The molecule has 0 atom stereocenters. The first-order valence-electron chi connectivity index (χ1n) is 36.8. The van der Waals surface area contributed by atoms with Gasteiger partial charge in [0.05, 0.1) is 82.8 Å². The standard InChI is InChI=1S/C15H28P.C12H26P.C11H24P.C10H8N2.C10H22P.C7H8N.4C4H7O.2C3H5O2.6Ni/c1-2-13-16(14-9-5-3-6-10-14)15-11-7-4-8-12-15;1-8-9-10-13(11(2,3)4)12(5,6)7;1-8-9-12(10(2,3)4)11(5,6)7;1-3-7-11-9(5-1)10-6-2-4-8-12-10;1-8-11(9(2,3)4)10(5,6)7;1-2-7-5-3-4-6-8-7;4*1-3-4(2)5;2*1-2-3(4)5;;;;;;/h14-15H,1-13H2;1,8-10H2,2-7H3;1,8-9H2,2-7H3;1-8H;1,8H2,2-7H3;3-6H,1-2H2;4*5H,1-3H2;2*1-2H2,(H,4,5);;;;;;/q3*-1;;8*-1;;5*+2/p+4. The monoisotopic (exact) mass is 1840 g/mol. The zero-order chi connectivity index (χ0) is 80.9. The number of aliphatic carboxylic acids is 2. The summed E-state index contributed by atoms with van der Waals surface area (Å²) in [6, 6.07) is 17.4. The molecule has 6 N–H and O–H groups in total. The van der Waals surface area contributed by atoms with E-state index in [1.54, 1.807) is 44.3 Å². The molecule has 0 saturated heterocycles. The first kappa shape index (κ1) is 136. The van der Waals surface area contributed by atoms with E-state index in [1.807, 2.05) is 54.6 Å². The number of aromatic nitrogens is 3. The molecule has 11 nitrogen and oxygen atoms in total. The summed E-state index contributed by atoms with van der Waals surface area (Å²) in [5, 5.41) is 50.8. The Morgan fingerprint density at radius 1 is 0.380 bits per heavy atom. The smallest absolute Gasteiger partial charge is 0.516 e.